The average Bonchev–Trinajstić information content (AvgIpc) is 2.87. The molecule has 1 aromatic carbocycles. The number of hydrogen-bond donors (Lipinski definition) is 0. The summed E-state index contributed by atoms with van der Waals surface area (Å²) in [5.41, 5.74) is 0.961. The molecule has 1 aliphatic rings. The maximum atomic E-state index is 11.8. The van der Waals surface area contributed by atoms with E-state index in [0.717, 1.165) is 5.56 Å². The summed E-state index contributed by atoms with van der Waals surface area (Å²) >= 11 is 0. The van der Waals surface area contributed by atoms with Gasteiger partial charge in [0, 0.05) is 0 Å². The number of benzene rings is 1. The number of epoxide rings is 1. The fourth-order valence-corrected chi connectivity index (χ4v) is 2.84. The molecule has 4 heteroatoms. The minimum atomic E-state index is -3.14. The van der Waals surface area contributed by atoms with E-state index in [-0.39, 0.29) is 11.9 Å². The topological polar surface area (TPSA) is 46.7 Å². The van der Waals surface area contributed by atoms with Crippen LogP contribution in [0.2, 0.25) is 0 Å². The highest BCUT2D eigenvalue weighted by Gasteiger charge is 2.30. The van der Waals surface area contributed by atoms with Gasteiger partial charge < -0.3 is 4.74 Å². The molecule has 1 aromatic rings. The second-order valence-corrected chi connectivity index (χ2v) is 5.59. The molecule has 0 amide bonds. The first-order valence-electron chi connectivity index (χ1n) is 4.49. The van der Waals surface area contributed by atoms with Crippen LogP contribution in [0.1, 0.15) is 5.56 Å². The van der Waals surface area contributed by atoms with E-state index in [4.69, 9.17) is 4.74 Å². The molecule has 0 spiro atoms. The molecule has 76 valence electrons. The molecule has 0 N–H and O–H groups in total. The predicted octanol–water partition coefficient (Wildman–Crippen LogP) is 1.17. The summed E-state index contributed by atoms with van der Waals surface area (Å²) in [6.45, 7) is 2.46. The van der Waals surface area contributed by atoms with E-state index >= 15 is 0 Å². The standard InChI is InChI=1S/C10H12O3S/c1-8-3-2-4-10(5-8)14(11,12)7-9-6-13-9/h2-5,9H,6-7H2,1H3. The number of rotatable bonds is 3. The largest absolute Gasteiger partial charge is 0.372 e. The monoisotopic (exact) mass is 212 g/mol. The lowest BCUT2D eigenvalue weighted by Crippen LogP contribution is -2.11. The average molecular weight is 212 g/mol. The highest BCUT2D eigenvalue weighted by molar-refractivity contribution is 7.91. The van der Waals surface area contributed by atoms with Crippen molar-refractivity contribution in [3.63, 3.8) is 0 Å². The lowest BCUT2D eigenvalue weighted by atomic mass is 10.2. The third-order valence-electron chi connectivity index (χ3n) is 2.16. The van der Waals surface area contributed by atoms with E-state index in [0.29, 0.717) is 11.5 Å². The summed E-state index contributed by atoms with van der Waals surface area (Å²) in [7, 11) is -3.14. The zero-order valence-electron chi connectivity index (χ0n) is 7.93. The number of aryl methyl sites for hydroxylation is 1. The molecule has 3 nitrogen and oxygen atoms in total. The van der Waals surface area contributed by atoms with E-state index in [1.807, 2.05) is 13.0 Å². The quantitative estimate of drug-likeness (QED) is 0.706. The van der Waals surface area contributed by atoms with Crippen LogP contribution in [-0.4, -0.2) is 26.9 Å². The van der Waals surface area contributed by atoms with Crippen LogP contribution in [0.4, 0.5) is 0 Å². The van der Waals surface area contributed by atoms with Crippen LogP contribution in [0, 0.1) is 6.92 Å². The lowest BCUT2D eigenvalue weighted by molar-refractivity contribution is 0.422. The maximum absolute atomic E-state index is 11.8. The minimum absolute atomic E-state index is 0.0829. The van der Waals surface area contributed by atoms with E-state index in [9.17, 15) is 8.42 Å². The molecule has 1 saturated heterocycles. The summed E-state index contributed by atoms with van der Waals surface area (Å²) in [4.78, 5) is 0.396. The van der Waals surface area contributed by atoms with Gasteiger partial charge in [0.1, 0.15) is 0 Å². The van der Waals surface area contributed by atoms with E-state index in [2.05, 4.69) is 0 Å². The van der Waals surface area contributed by atoms with Crippen molar-refractivity contribution in [2.45, 2.75) is 17.9 Å². The Bertz CT molecular complexity index is 432. The van der Waals surface area contributed by atoms with Crippen LogP contribution in [0.5, 0.6) is 0 Å². The van der Waals surface area contributed by atoms with Crippen molar-refractivity contribution in [3.8, 4) is 0 Å². The van der Waals surface area contributed by atoms with Crippen LogP contribution >= 0.6 is 0 Å². The first-order valence-corrected chi connectivity index (χ1v) is 6.14. The molecule has 1 aliphatic heterocycles. The Kier molecular flexibility index (Phi) is 2.33. The Labute approximate surface area is 83.6 Å². The Morgan fingerprint density at radius 3 is 2.79 bits per heavy atom. The second kappa shape index (κ2) is 3.37. The number of hydrogen-bond acceptors (Lipinski definition) is 3. The Morgan fingerprint density at radius 1 is 1.50 bits per heavy atom. The second-order valence-electron chi connectivity index (χ2n) is 3.55. The number of sulfone groups is 1. The molecule has 0 saturated carbocycles. The van der Waals surface area contributed by atoms with Crippen molar-refractivity contribution in [1.82, 2.24) is 0 Å². The number of ether oxygens (including phenoxy) is 1. The molecule has 1 heterocycles. The molecule has 1 fully saturated rings. The van der Waals surface area contributed by atoms with Crippen molar-refractivity contribution in [2.24, 2.45) is 0 Å². The van der Waals surface area contributed by atoms with Gasteiger partial charge in [-0.25, -0.2) is 8.42 Å². The van der Waals surface area contributed by atoms with Crippen molar-refractivity contribution in [2.75, 3.05) is 12.4 Å². The summed E-state index contributed by atoms with van der Waals surface area (Å²) in [5, 5.41) is 0. The van der Waals surface area contributed by atoms with Gasteiger partial charge in [0.25, 0.3) is 0 Å². The van der Waals surface area contributed by atoms with Gasteiger partial charge in [-0.05, 0) is 24.6 Å². The van der Waals surface area contributed by atoms with E-state index < -0.39 is 9.84 Å². The first-order chi connectivity index (χ1) is 6.58. The van der Waals surface area contributed by atoms with Crippen LogP contribution in [-0.2, 0) is 14.6 Å². The van der Waals surface area contributed by atoms with Gasteiger partial charge in [-0.1, -0.05) is 12.1 Å². The summed E-state index contributed by atoms with van der Waals surface area (Å²) in [6, 6.07) is 6.96. The molecule has 0 aliphatic carbocycles. The highest BCUT2D eigenvalue weighted by atomic mass is 32.2. The van der Waals surface area contributed by atoms with E-state index in [1.165, 1.54) is 0 Å². The van der Waals surface area contributed by atoms with Gasteiger partial charge in [-0.2, -0.15) is 0 Å². The SMILES string of the molecule is Cc1cccc(S(=O)(=O)CC2CO2)c1. The van der Waals surface area contributed by atoms with Crippen molar-refractivity contribution in [1.29, 1.82) is 0 Å². The molecular weight excluding hydrogens is 200 g/mol. The van der Waals surface area contributed by atoms with Crippen molar-refractivity contribution in [3.05, 3.63) is 29.8 Å². The maximum Gasteiger partial charge on any atom is 0.181 e. The fourth-order valence-electron chi connectivity index (χ4n) is 1.31. The van der Waals surface area contributed by atoms with Crippen molar-refractivity contribution < 1.29 is 13.2 Å². The van der Waals surface area contributed by atoms with Crippen LogP contribution in [0.3, 0.4) is 0 Å². The van der Waals surface area contributed by atoms with Gasteiger partial charge in [-0.15, -0.1) is 0 Å². The molecule has 0 radical (unpaired) electrons. The Hall–Kier alpha value is -0.870. The van der Waals surface area contributed by atoms with Gasteiger partial charge in [0.05, 0.1) is 23.4 Å². The summed E-state index contributed by atoms with van der Waals surface area (Å²) < 4.78 is 28.4. The normalized spacial score (nSPS) is 20.8. The third-order valence-corrected chi connectivity index (χ3v) is 3.94. The van der Waals surface area contributed by atoms with Gasteiger partial charge in [0.15, 0.2) is 9.84 Å². The first kappa shape index (κ1) is 9.68. The summed E-state index contributed by atoms with van der Waals surface area (Å²) in [6.07, 6.45) is -0.0829. The van der Waals surface area contributed by atoms with E-state index in [1.54, 1.807) is 18.2 Å². The molecule has 0 aromatic heterocycles. The zero-order valence-corrected chi connectivity index (χ0v) is 8.75. The Morgan fingerprint density at radius 2 is 2.21 bits per heavy atom. The third kappa shape index (κ3) is 2.13. The molecule has 1 unspecified atom stereocenters. The molecular formula is C10H12O3S. The van der Waals surface area contributed by atoms with Gasteiger partial charge >= 0.3 is 0 Å². The van der Waals surface area contributed by atoms with Crippen LogP contribution in [0.15, 0.2) is 29.2 Å². The smallest absolute Gasteiger partial charge is 0.181 e. The van der Waals surface area contributed by atoms with Gasteiger partial charge in [0.2, 0.25) is 0 Å². The predicted molar refractivity (Wildman–Crippen MR) is 53.0 cm³/mol. The summed E-state index contributed by atoms with van der Waals surface area (Å²) in [5.74, 6) is 0.108. The molecule has 14 heavy (non-hydrogen) atoms. The molecule has 0 bridgehead atoms. The Balaban J connectivity index is 2.28. The molecule has 2 rings (SSSR count). The van der Waals surface area contributed by atoms with Crippen LogP contribution < -0.4 is 0 Å². The molecule has 1 atom stereocenters. The minimum Gasteiger partial charge on any atom is -0.372 e. The van der Waals surface area contributed by atoms with Crippen LogP contribution in [0.25, 0.3) is 0 Å². The van der Waals surface area contributed by atoms with Crippen molar-refractivity contribution >= 4 is 9.84 Å². The lowest BCUT2D eigenvalue weighted by Gasteiger charge is -2.02. The highest BCUT2D eigenvalue weighted by Crippen LogP contribution is 2.19. The van der Waals surface area contributed by atoms with Gasteiger partial charge in [-0.3, -0.25) is 0 Å². The fraction of sp³-hybridized carbons (Fsp3) is 0.400. The zero-order chi connectivity index (χ0) is 10.2.